The average Bonchev–Trinajstić information content (AvgIpc) is 2.87. The fourth-order valence-electron chi connectivity index (χ4n) is 3.98. The molecule has 5 aromatic carbocycles. The van der Waals surface area contributed by atoms with E-state index in [2.05, 4.69) is 140 Å². The van der Waals surface area contributed by atoms with Gasteiger partial charge >= 0.3 is 0 Å². The van der Waals surface area contributed by atoms with Crippen LogP contribution in [0, 0.1) is 0 Å². The molecule has 0 fully saturated rings. The van der Waals surface area contributed by atoms with E-state index in [1.807, 2.05) is 0 Å². The van der Waals surface area contributed by atoms with Crippen molar-refractivity contribution in [1.82, 2.24) is 0 Å². The second kappa shape index (κ2) is 10.1. The predicted octanol–water partition coefficient (Wildman–Crippen LogP) is 5.74. The van der Waals surface area contributed by atoms with E-state index < -0.39 is 7.92 Å². The Morgan fingerprint density at radius 2 is 0.875 bits per heavy atom. The zero-order valence-electron chi connectivity index (χ0n) is 17.7. The van der Waals surface area contributed by atoms with E-state index >= 15 is 0 Å². The Morgan fingerprint density at radius 3 is 1.50 bits per heavy atom. The normalized spacial score (nSPS) is 11.3. The Balaban J connectivity index is 1.66. The van der Waals surface area contributed by atoms with Crippen LogP contribution in [0.5, 0.6) is 0 Å². The molecule has 0 aliphatic rings. The molecule has 0 saturated heterocycles. The summed E-state index contributed by atoms with van der Waals surface area (Å²) in [5.41, 5.74) is 2.68. The minimum atomic E-state index is -0.659. The molecule has 154 valence electrons. The lowest BCUT2D eigenvalue weighted by Crippen LogP contribution is -2.23. The summed E-state index contributed by atoms with van der Waals surface area (Å²) in [4.78, 5) is 0. The van der Waals surface area contributed by atoms with Crippen molar-refractivity contribution in [3.05, 3.63) is 140 Å². The van der Waals surface area contributed by atoms with Crippen LogP contribution in [-0.4, -0.2) is 0 Å². The highest BCUT2D eigenvalue weighted by molar-refractivity contribution is 7.80. The maximum absolute atomic E-state index is 2.32. The van der Waals surface area contributed by atoms with Gasteiger partial charge in [-0.15, -0.1) is 0 Å². The molecular formula is C30H24P2. The Hall–Kier alpha value is -3.04. The minimum absolute atomic E-state index is 0.631. The van der Waals surface area contributed by atoms with Crippen molar-refractivity contribution in [3.8, 4) is 11.1 Å². The topological polar surface area (TPSA) is 0 Å². The van der Waals surface area contributed by atoms with Crippen LogP contribution >= 0.6 is 16.5 Å². The molecule has 0 nitrogen and oxygen atoms in total. The fourth-order valence-corrected chi connectivity index (χ4v) is 7.65. The maximum Gasteiger partial charge on any atom is -0.00724 e. The predicted molar refractivity (Wildman–Crippen MR) is 145 cm³/mol. The van der Waals surface area contributed by atoms with Gasteiger partial charge in [-0.05, 0) is 45.6 Å². The molecule has 0 aliphatic carbocycles. The average molecular weight is 446 g/mol. The third-order valence-corrected chi connectivity index (χ3v) is 9.27. The van der Waals surface area contributed by atoms with E-state index in [0.717, 1.165) is 0 Å². The van der Waals surface area contributed by atoms with Crippen molar-refractivity contribution in [3.63, 3.8) is 0 Å². The molecule has 0 aliphatic heterocycles. The van der Waals surface area contributed by atoms with Gasteiger partial charge in [0.2, 0.25) is 0 Å². The molecule has 5 aromatic rings. The summed E-state index contributed by atoms with van der Waals surface area (Å²) in [7, 11) is -0.0277. The monoisotopic (exact) mass is 446 g/mol. The highest BCUT2D eigenvalue weighted by atomic mass is 31.1. The molecule has 0 aromatic heterocycles. The lowest BCUT2D eigenvalue weighted by molar-refractivity contribution is 1.68. The van der Waals surface area contributed by atoms with Crippen LogP contribution in [0.4, 0.5) is 0 Å². The number of hydrogen-bond acceptors (Lipinski definition) is 0. The van der Waals surface area contributed by atoms with Crippen LogP contribution in [0.2, 0.25) is 0 Å². The molecular weight excluding hydrogens is 422 g/mol. The van der Waals surface area contributed by atoms with Gasteiger partial charge in [-0.2, -0.15) is 0 Å². The molecule has 0 amide bonds. The van der Waals surface area contributed by atoms with Gasteiger partial charge in [0.15, 0.2) is 0 Å². The molecule has 5 rings (SSSR count). The fraction of sp³-hybridized carbons (Fsp3) is 0. The van der Waals surface area contributed by atoms with Gasteiger partial charge in [0, 0.05) is 0 Å². The third kappa shape index (κ3) is 4.58. The third-order valence-electron chi connectivity index (χ3n) is 5.44. The second-order valence-electron chi connectivity index (χ2n) is 7.56. The van der Waals surface area contributed by atoms with E-state index in [9.17, 15) is 0 Å². The lowest BCUT2D eigenvalue weighted by Gasteiger charge is -2.23. The highest BCUT2D eigenvalue weighted by Gasteiger charge is 2.20. The molecule has 0 saturated carbocycles. The first-order valence-electron chi connectivity index (χ1n) is 10.8. The Kier molecular flexibility index (Phi) is 6.55. The first kappa shape index (κ1) is 20.8. The smallest absolute Gasteiger partial charge is 0.00724 e. The van der Waals surface area contributed by atoms with Gasteiger partial charge in [0.1, 0.15) is 0 Å². The summed E-state index contributed by atoms with van der Waals surface area (Å²) in [6.07, 6.45) is 0. The van der Waals surface area contributed by atoms with Gasteiger partial charge in [0.25, 0.3) is 0 Å². The van der Waals surface area contributed by atoms with Crippen molar-refractivity contribution in [2.45, 2.75) is 0 Å². The molecule has 1 atom stereocenters. The Labute approximate surface area is 193 Å². The molecule has 1 unspecified atom stereocenters. The van der Waals surface area contributed by atoms with Crippen LogP contribution in [0.3, 0.4) is 0 Å². The van der Waals surface area contributed by atoms with Gasteiger partial charge in [-0.1, -0.05) is 148 Å². The van der Waals surface area contributed by atoms with Gasteiger partial charge < -0.3 is 0 Å². The van der Waals surface area contributed by atoms with Crippen LogP contribution < -0.4 is 26.5 Å². The number of rotatable bonds is 6. The summed E-state index contributed by atoms with van der Waals surface area (Å²) in [6, 6.07) is 50.6. The quantitative estimate of drug-likeness (QED) is 0.292. The number of hydrogen-bond donors (Lipinski definition) is 0. The standard InChI is InChI=1S/C30H24P2/c1-4-14-24(15-5-1)31-29-22-12-10-20-27(29)28-21-11-13-23-30(28)32(25-16-6-2-7-17-25)26-18-8-3-9-19-26/h1-23,31H. The van der Waals surface area contributed by atoms with Crippen LogP contribution in [0.1, 0.15) is 0 Å². The van der Waals surface area contributed by atoms with E-state index in [4.69, 9.17) is 0 Å². The van der Waals surface area contributed by atoms with E-state index in [1.165, 1.54) is 37.6 Å². The first-order chi connectivity index (χ1) is 15.9. The highest BCUT2D eigenvalue weighted by Crippen LogP contribution is 2.37. The summed E-state index contributed by atoms with van der Waals surface area (Å²) in [6.45, 7) is 0. The van der Waals surface area contributed by atoms with Crippen molar-refractivity contribution in [1.29, 1.82) is 0 Å². The van der Waals surface area contributed by atoms with Crippen molar-refractivity contribution >= 4 is 43.0 Å². The zero-order chi connectivity index (χ0) is 21.6. The summed E-state index contributed by atoms with van der Waals surface area (Å²) in [5, 5.41) is 6.92. The van der Waals surface area contributed by atoms with Crippen LogP contribution in [0.25, 0.3) is 11.1 Å². The molecule has 32 heavy (non-hydrogen) atoms. The van der Waals surface area contributed by atoms with Crippen LogP contribution in [0.15, 0.2) is 140 Å². The molecule has 0 spiro atoms. The van der Waals surface area contributed by atoms with Gasteiger partial charge in [-0.3, -0.25) is 0 Å². The van der Waals surface area contributed by atoms with Gasteiger partial charge in [0.05, 0.1) is 0 Å². The van der Waals surface area contributed by atoms with E-state index in [1.54, 1.807) is 0 Å². The summed E-state index contributed by atoms with van der Waals surface area (Å²) >= 11 is 0. The Bertz CT molecular complexity index is 1240. The maximum atomic E-state index is 2.32. The second-order valence-corrected chi connectivity index (χ2v) is 11.1. The van der Waals surface area contributed by atoms with Crippen molar-refractivity contribution in [2.24, 2.45) is 0 Å². The van der Waals surface area contributed by atoms with E-state index in [0.29, 0.717) is 8.58 Å². The van der Waals surface area contributed by atoms with Gasteiger partial charge in [-0.25, -0.2) is 0 Å². The van der Waals surface area contributed by atoms with Crippen molar-refractivity contribution in [2.75, 3.05) is 0 Å². The molecule has 0 N–H and O–H groups in total. The van der Waals surface area contributed by atoms with E-state index in [-0.39, 0.29) is 0 Å². The van der Waals surface area contributed by atoms with Crippen molar-refractivity contribution < 1.29 is 0 Å². The zero-order valence-corrected chi connectivity index (χ0v) is 19.6. The number of benzene rings is 5. The minimum Gasteiger partial charge on any atom is -0.0622 e. The molecule has 0 bridgehead atoms. The molecule has 0 radical (unpaired) electrons. The molecule has 2 heteroatoms. The summed E-state index contributed by atoms with van der Waals surface area (Å²) < 4.78 is 0. The Morgan fingerprint density at radius 1 is 0.406 bits per heavy atom. The SMILES string of the molecule is c1ccc(Pc2ccccc2-c2ccccc2P(c2ccccc2)c2ccccc2)cc1. The molecule has 0 heterocycles. The van der Waals surface area contributed by atoms with Crippen LogP contribution in [-0.2, 0) is 0 Å². The lowest BCUT2D eigenvalue weighted by atomic mass is 10.1. The summed E-state index contributed by atoms with van der Waals surface area (Å²) in [5.74, 6) is 0. The largest absolute Gasteiger partial charge is 0.0622 e. The first-order valence-corrected chi connectivity index (χ1v) is 13.1.